The largest absolute Gasteiger partial charge is 0.476 e. The van der Waals surface area contributed by atoms with E-state index in [-0.39, 0.29) is 5.69 Å². The Hall–Kier alpha value is -1.92. The van der Waals surface area contributed by atoms with Gasteiger partial charge in [-0.25, -0.2) is 14.8 Å². The lowest BCUT2D eigenvalue weighted by Gasteiger charge is -2.00. The number of aromatic nitrogens is 2. The first-order valence-electron chi connectivity index (χ1n) is 5.46. The van der Waals surface area contributed by atoms with Gasteiger partial charge in [-0.2, -0.15) is 0 Å². The first kappa shape index (κ1) is 12.1. The van der Waals surface area contributed by atoms with E-state index in [9.17, 15) is 4.79 Å². The predicted molar refractivity (Wildman–Crippen MR) is 74.9 cm³/mol. The Balaban J connectivity index is 1.99. The van der Waals surface area contributed by atoms with Gasteiger partial charge in [0, 0.05) is 11.1 Å². The Morgan fingerprint density at radius 1 is 1.21 bits per heavy atom. The van der Waals surface area contributed by atoms with E-state index in [1.54, 1.807) is 23.5 Å². The van der Waals surface area contributed by atoms with Crippen LogP contribution in [-0.4, -0.2) is 21.0 Å². The standard InChI is InChI=1S/C13H8N2O2S2/c16-12(17)11-10(6-3-7-14-11)19-13-15-8-4-1-2-5-9(8)18-13/h1-7H,(H,16,17). The molecule has 0 saturated heterocycles. The quantitative estimate of drug-likeness (QED) is 0.798. The molecule has 0 aliphatic rings. The van der Waals surface area contributed by atoms with Gasteiger partial charge in [0.05, 0.1) is 10.2 Å². The van der Waals surface area contributed by atoms with E-state index >= 15 is 0 Å². The molecule has 1 N–H and O–H groups in total. The van der Waals surface area contributed by atoms with Gasteiger partial charge in [-0.1, -0.05) is 23.9 Å². The van der Waals surface area contributed by atoms with Crippen LogP contribution in [0.2, 0.25) is 0 Å². The van der Waals surface area contributed by atoms with Crippen molar-refractivity contribution in [3.05, 3.63) is 48.3 Å². The summed E-state index contributed by atoms with van der Waals surface area (Å²) in [5.41, 5.74) is 0.988. The highest BCUT2D eigenvalue weighted by atomic mass is 32.2. The van der Waals surface area contributed by atoms with Crippen LogP contribution in [0.25, 0.3) is 10.2 Å². The van der Waals surface area contributed by atoms with E-state index in [0.29, 0.717) is 4.90 Å². The fourth-order valence-corrected chi connectivity index (χ4v) is 3.74. The van der Waals surface area contributed by atoms with E-state index < -0.39 is 5.97 Å². The second-order valence-corrected chi connectivity index (χ2v) is 6.02. The number of carbonyl (C=O) groups is 1. The average molecular weight is 288 g/mol. The van der Waals surface area contributed by atoms with Crippen molar-refractivity contribution in [1.82, 2.24) is 9.97 Å². The normalized spacial score (nSPS) is 10.7. The van der Waals surface area contributed by atoms with E-state index in [1.165, 1.54) is 18.0 Å². The van der Waals surface area contributed by atoms with Gasteiger partial charge < -0.3 is 5.11 Å². The molecule has 0 radical (unpaired) electrons. The maximum Gasteiger partial charge on any atom is 0.355 e. The summed E-state index contributed by atoms with van der Waals surface area (Å²) in [7, 11) is 0. The molecule has 0 bridgehead atoms. The lowest BCUT2D eigenvalue weighted by molar-refractivity contribution is 0.0686. The Morgan fingerprint density at radius 2 is 2.05 bits per heavy atom. The van der Waals surface area contributed by atoms with Crippen molar-refractivity contribution in [1.29, 1.82) is 0 Å². The van der Waals surface area contributed by atoms with Crippen LogP contribution in [0.4, 0.5) is 0 Å². The molecule has 6 heteroatoms. The molecular weight excluding hydrogens is 280 g/mol. The van der Waals surface area contributed by atoms with Crippen LogP contribution in [0.3, 0.4) is 0 Å². The zero-order chi connectivity index (χ0) is 13.2. The Morgan fingerprint density at radius 3 is 2.84 bits per heavy atom. The minimum absolute atomic E-state index is 0.0618. The summed E-state index contributed by atoms with van der Waals surface area (Å²) < 4.78 is 1.91. The summed E-state index contributed by atoms with van der Waals surface area (Å²) in [6, 6.07) is 11.3. The van der Waals surface area contributed by atoms with Gasteiger partial charge in [0.15, 0.2) is 10.0 Å². The molecule has 1 aromatic carbocycles. The number of carboxylic acids is 1. The third kappa shape index (κ3) is 2.45. The van der Waals surface area contributed by atoms with Gasteiger partial charge in [0.2, 0.25) is 0 Å². The molecule has 94 valence electrons. The van der Waals surface area contributed by atoms with Crippen molar-refractivity contribution >= 4 is 39.3 Å². The van der Waals surface area contributed by atoms with Crippen LogP contribution >= 0.6 is 23.1 Å². The number of para-hydroxylation sites is 1. The second kappa shape index (κ2) is 4.99. The van der Waals surface area contributed by atoms with Crippen LogP contribution in [0.1, 0.15) is 10.5 Å². The lowest BCUT2D eigenvalue weighted by Crippen LogP contribution is -2.01. The van der Waals surface area contributed by atoms with Crippen LogP contribution in [0, 0.1) is 0 Å². The first-order valence-corrected chi connectivity index (χ1v) is 7.09. The summed E-state index contributed by atoms with van der Waals surface area (Å²) >= 11 is 2.88. The number of carboxylic acid groups (broad SMARTS) is 1. The molecule has 3 aromatic rings. The minimum atomic E-state index is -1.02. The fourth-order valence-electron chi connectivity index (χ4n) is 1.62. The van der Waals surface area contributed by atoms with Crippen LogP contribution < -0.4 is 0 Å². The van der Waals surface area contributed by atoms with E-state index in [1.807, 2.05) is 24.3 Å². The number of hydrogen-bond acceptors (Lipinski definition) is 5. The molecular formula is C13H8N2O2S2. The monoisotopic (exact) mass is 288 g/mol. The molecule has 0 aliphatic carbocycles. The molecule has 3 rings (SSSR count). The molecule has 0 amide bonds. The summed E-state index contributed by atoms with van der Waals surface area (Å²) in [5, 5.41) is 9.09. The number of nitrogens with zero attached hydrogens (tertiary/aromatic N) is 2. The number of benzene rings is 1. The molecule has 4 nitrogen and oxygen atoms in total. The van der Waals surface area contributed by atoms with Crippen LogP contribution in [0.15, 0.2) is 51.8 Å². The van der Waals surface area contributed by atoms with Gasteiger partial charge in [-0.3, -0.25) is 0 Å². The number of aromatic carboxylic acids is 1. The zero-order valence-electron chi connectivity index (χ0n) is 9.61. The molecule has 0 spiro atoms. The number of pyridine rings is 1. The Bertz CT molecular complexity index is 722. The zero-order valence-corrected chi connectivity index (χ0v) is 11.2. The average Bonchev–Trinajstić information content (AvgIpc) is 2.81. The number of thiazole rings is 1. The van der Waals surface area contributed by atoms with Crippen molar-refractivity contribution < 1.29 is 9.90 Å². The van der Waals surface area contributed by atoms with Gasteiger partial charge in [-0.05, 0) is 24.3 Å². The summed E-state index contributed by atoms with van der Waals surface area (Å²) in [6.07, 6.45) is 1.48. The summed E-state index contributed by atoms with van der Waals surface area (Å²) in [6.45, 7) is 0. The molecule has 0 unspecified atom stereocenters. The van der Waals surface area contributed by atoms with Gasteiger partial charge in [0.1, 0.15) is 0 Å². The maximum atomic E-state index is 11.1. The van der Waals surface area contributed by atoms with Crippen LogP contribution in [-0.2, 0) is 0 Å². The number of hydrogen-bond donors (Lipinski definition) is 1. The molecule has 19 heavy (non-hydrogen) atoms. The van der Waals surface area contributed by atoms with E-state index in [4.69, 9.17) is 5.11 Å². The predicted octanol–water partition coefficient (Wildman–Crippen LogP) is 3.54. The number of rotatable bonds is 3. The van der Waals surface area contributed by atoms with E-state index in [2.05, 4.69) is 9.97 Å². The maximum absolute atomic E-state index is 11.1. The van der Waals surface area contributed by atoms with Crippen LogP contribution in [0.5, 0.6) is 0 Å². The highest BCUT2D eigenvalue weighted by Gasteiger charge is 2.14. The lowest BCUT2D eigenvalue weighted by atomic mass is 10.3. The van der Waals surface area contributed by atoms with Crippen molar-refractivity contribution in [2.24, 2.45) is 0 Å². The SMILES string of the molecule is O=C(O)c1ncccc1Sc1nc2ccccc2s1. The molecule has 0 atom stereocenters. The molecule has 2 heterocycles. The molecule has 2 aromatic heterocycles. The molecule has 0 saturated carbocycles. The number of fused-ring (bicyclic) bond motifs is 1. The minimum Gasteiger partial charge on any atom is -0.476 e. The third-order valence-electron chi connectivity index (χ3n) is 2.44. The Labute approximate surface area is 117 Å². The highest BCUT2D eigenvalue weighted by Crippen LogP contribution is 2.35. The van der Waals surface area contributed by atoms with Crippen molar-refractivity contribution in [2.75, 3.05) is 0 Å². The highest BCUT2D eigenvalue weighted by molar-refractivity contribution is 8.01. The second-order valence-electron chi connectivity index (χ2n) is 3.70. The van der Waals surface area contributed by atoms with Gasteiger partial charge in [0.25, 0.3) is 0 Å². The summed E-state index contributed by atoms with van der Waals surface area (Å²) in [4.78, 5) is 20.1. The first-order chi connectivity index (χ1) is 9.24. The molecule has 0 aliphatic heterocycles. The van der Waals surface area contributed by atoms with Crippen molar-refractivity contribution in [3.8, 4) is 0 Å². The smallest absolute Gasteiger partial charge is 0.355 e. The van der Waals surface area contributed by atoms with Crippen molar-refractivity contribution in [3.63, 3.8) is 0 Å². The third-order valence-corrected chi connectivity index (χ3v) is 4.59. The van der Waals surface area contributed by atoms with Crippen molar-refractivity contribution in [2.45, 2.75) is 9.24 Å². The Kier molecular flexibility index (Phi) is 3.18. The topological polar surface area (TPSA) is 63.1 Å². The van der Waals surface area contributed by atoms with E-state index in [0.717, 1.165) is 14.6 Å². The fraction of sp³-hybridized carbons (Fsp3) is 0. The van der Waals surface area contributed by atoms with Gasteiger partial charge >= 0.3 is 5.97 Å². The van der Waals surface area contributed by atoms with Gasteiger partial charge in [-0.15, -0.1) is 11.3 Å². The summed E-state index contributed by atoms with van der Waals surface area (Å²) in [5.74, 6) is -1.02. The molecule has 0 fully saturated rings.